The number of benzene rings is 3. The Hall–Kier alpha value is -3.36. The second-order valence-electron chi connectivity index (χ2n) is 8.78. The Labute approximate surface area is 224 Å². The number of carbonyl (C=O) groups is 2. The van der Waals surface area contributed by atoms with Crippen LogP contribution in [0.4, 0.5) is 5.69 Å². The first-order chi connectivity index (χ1) is 17.6. The average Bonchev–Trinajstić information content (AvgIpc) is 2.89. The lowest BCUT2D eigenvalue weighted by molar-refractivity contribution is -0.139. The highest BCUT2D eigenvalue weighted by molar-refractivity contribution is 7.92. The lowest BCUT2D eigenvalue weighted by Gasteiger charge is -2.32. The normalized spacial score (nSPS) is 12.0. The second kappa shape index (κ2) is 12.7. The number of rotatable bonds is 11. The molecule has 0 aliphatic carbocycles. The van der Waals surface area contributed by atoms with Crippen LogP contribution in [0.3, 0.4) is 0 Å². The van der Waals surface area contributed by atoms with Gasteiger partial charge in [-0.05, 0) is 62.2 Å². The minimum absolute atomic E-state index is 0.00697. The molecule has 0 unspecified atom stereocenters. The van der Waals surface area contributed by atoms with Crippen LogP contribution in [-0.4, -0.2) is 44.3 Å². The van der Waals surface area contributed by atoms with Crippen LogP contribution in [0.2, 0.25) is 5.02 Å². The van der Waals surface area contributed by atoms with Gasteiger partial charge in [-0.2, -0.15) is 0 Å². The third-order valence-corrected chi connectivity index (χ3v) is 7.92. The standard InChI is InChI=1S/C28H32ClN3O4S/c1-4-17-30-28(34)22(3)31(19-23-10-8-9-21(2)18-23)27(33)20-32(25-11-6-5-7-12-25)37(35,36)26-15-13-24(29)14-16-26/h5-16,18,22H,4,17,19-20H2,1-3H3,(H,30,34)/t22-/m1/s1. The summed E-state index contributed by atoms with van der Waals surface area (Å²) in [6.07, 6.45) is 0.755. The van der Waals surface area contributed by atoms with Crippen molar-refractivity contribution in [2.75, 3.05) is 17.4 Å². The molecule has 0 radical (unpaired) electrons. The van der Waals surface area contributed by atoms with E-state index in [1.165, 1.54) is 29.2 Å². The summed E-state index contributed by atoms with van der Waals surface area (Å²) in [5.41, 5.74) is 2.20. The largest absolute Gasteiger partial charge is 0.354 e. The fourth-order valence-corrected chi connectivity index (χ4v) is 5.38. The van der Waals surface area contributed by atoms with Crippen molar-refractivity contribution in [3.63, 3.8) is 0 Å². The van der Waals surface area contributed by atoms with Gasteiger partial charge in [-0.1, -0.05) is 66.6 Å². The highest BCUT2D eigenvalue weighted by Crippen LogP contribution is 2.25. The van der Waals surface area contributed by atoms with Crippen molar-refractivity contribution in [3.05, 3.63) is 95.0 Å². The molecule has 7 nitrogen and oxygen atoms in total. The summed E-state index contributed by atoms with van der Waals surface area (Å²) in [5, 5.41) is 3.23. The molecule has 3 aromatic rings. The number of aryl methyl sites for hydroxylation is 1. The number of nitrogens with zero attached hydrogens (tertiary/aromatic N) is 2. The van der Waals surface area contributed by atoms with Gasteiger partial charge in [0.2, 0.25) is 11.8 Å². The molecule has 0 heterocycles. The molecule has 1 atom stereocenters. The molecular formula is C28H32ClN3O4S. The molecule has 0 bridgehead atoms. The first-order valence-electron chi connectivity index (χ1n) is 12.1. The van der Waals surface area contributed by atoms with Crippen LogP contribution in [0.1, 0.15) is 31.4 Å². The fourth-order valence-electron chi connectivity index (χ4n) is 3.84. The van der Waals surface area contributed by atoms with E-state index < -0.39 is 28.5 Å². The minimum Gasteiger partial charge on any atom is -0.354 e. The smallest absolute Gasteiger partial charge is 0.264 e. The van der Waals surface area contributed by atoms with Crippen LogP contribution in [-0.2, 0) is 26.2 Å². The van der Waals surface area contributed by atoms with Gasteiger partial charge in [0, 0.05) is 18.1 Å². The van der Waals surface area contributed by atoms with Crippen LogP contribution < -0.4 is 9.62 Å². The van der Waals surface area contributed by atoms with E-state index in [4.69, 9.17) is 11.6 Å². The number of halogens is 1. The van der Waals surface area contributed by atoms with Gasteiger partial charge in [-0.25, -0.2) is 8.42 Å². The summed E-state index contributed by atoms with van der Waals surface area (Å²) in [6, 6.07) is 21.1. The Morgan fingerprint density at radius 2 is 1.65 bits per heavy atom. The summed E-state index contributed by atoms with van der Waals surface area (Å²) in [5.74, 6) is -0.795. The van der Waals surface area contributed by atoms with Gasteiger partial charge < -0.3 is 10.2 Å². The van der Waals surface area contributed by atoms with Crippen molar-refractivity contribution < 1.29 is 18.0 Å². The molecular weight excluding hydrogens is 510 g/mol. The SMILES string of the molecule is CCCNC(=O)[C@@H](C)N(Cc1cccc(C)c1)C(=O)CN(c1ccccc1)S(=O)(=O)c1ccc(Cl)cc1. The topological polar surface area (TPSA) is 86.8 Å². The highest BCUT2D eigenvalue weighted by atomic mass is 35.5. The van der Waals surface area contributed by atoms with Crippen LogP contribution in [0.25, 0.3) is 0 Å². The van der Waals surface area contributed by atoms with Gasteiger partial charge >= 0.3 is 0 Å². The maximum atomic E-state index is 13.8. The molecule has 9 heteroatoms. The number of hydrogen-bond donors (Lipinski definition) is 1. The first kappa shape index (κ1) is 28.2. The molecule has 2 amide bonds. The van der Waals surface area contributed by atoms with Gasteiger partial charge in [-0.15, -0.1) is 0 Å². The number of anilines is 1. The maximum absolute atomic E-state index is 13.8. The lowest BCUT2D eigenvalue weighted by atomic mass is 10.1. The minimum atomic E-state index is -4.11. The number of amides is 2. The molecule has 0 fully saturated rings. The van der Waals surface area contributed by atoms with Crippen molar-refractivity contribution in [2.24, 2.45) is 0 Å². The van der Waals surface area contributed by atoms with Crippen molar-refractivity contribution in [1.29, 1.82) is 0 Å². The Kier molecular flexibility index (Phi) is 9.72. The summed E-state index contributed by atoms with van der Waals surface area (Å²) in [7, 11) is -4.11. The molecule has 0 aliphatic heterocycles. The van der Waals surface area contributed by atoms with E-state index in [9.17, 15) is 18.0 Å². The molecule has 0 aliphatic rings. The third kappa shape index (κ3) is 7.33. The van der Waals surface area contributed by atoms with Crippen LogP contribution in [0, 0.1) is 6.92 Å². The predicted molar refractivity (Wildman–Crippen MR) is 147 cm³/mol. The summed E-state index contributed by atoms with van der Waals surface area (Å²) >= 11 is 5.97. The van der Waals surface area contributed by atoms with Crippen molar-refractivity contribution >= 4 is 39.1 Å². The van der Waals surface area contributed by atoms with Gasteiger partial charge in [0.1, 0.15) is 12.6 Å². The Morgan fingerprint density at radius 3 is 2.27 bits per heavy atom. The van der Waals surface area contributed by atoms with E-state index >= 15 is 0 Å². The Balaban J connectivity index is 1.99. The molecule has 3 rings (SSSR count). The number of nitrogens with one attached hydrogen (secondary N) is 1. The van der Waals surface area contributed by atoms with Crippen LogP contribution in [0.5, 0.6) is 0 Å². The molecule has 37 heavy (non-hydrogen) atoms. The van der Waals surface area contributed by atoms with Crippen LogP contribution in [0.15, 0.2) is 83.8 Å². The van der Waals surface area contributed by atoms with Crippen molar-refractivity contribution in [2.45, 2.75) is 44.7 Å². The molecule has 196 valence electrons. The van der Waals surface area contributed by atoms with Gasteiger partial charge in [-0.3, -0.25) is 13.9 Å². The van der Waals surface area contributed by atoms with E-state index in [1.54, 1.807) is 37.3 Å². The predicted octanol–water partition coefficient (Wildman–Crippen LogP) is 4.79. The van der Waals surface area contributed by atoms with Crippen molar-refractivity contribution in [3.8, 4) is 0 Å². The van der Waals surface area contributed by atoms with E-state index in [0.717, 1.165) is 21.9 Å². The van der Waals surface area contributed by atoms with Crippen LogP contribution >= 0.6 is 11.6 Å². The van der Waals surface area contributed by atoms with Crippen molar-refractivity contribution in [1.82, 2.24) is 10.2 Å². The Morgan fingerprint density at radius 1 is 0.973 bits per heavy atom. The Bertz CT molecular complexity index is 1310. The lowest BCUT2D eigenvalue weighted by Crippen LogP contribution is -2.51. The average molecular weight is 542 g/mol. The molecule has 0 spiro atoms. The van der Waals surface area contributed by atoms with Gasteiger partial charge in [0.05, 0.1) is 10.6 Å². The number of sulfonamides is 1. The van der Waals surface area contributed by atoms with E-state index in [0.29, 0.717) is 17.3 Å². The monoisotopic (exact) mass is 541 g/mol. The molecule has 3 aromatic carbocycles. The first-order valence-corrected chi connectivity index (χ1v) is 13.9. The zero-order chi connectivity index (χ0) is 27.0. The highest BCUT2D eigenvalue weighted by Gasteiger charge is 2.32. The number of hydrogen-bond acceptors (Lipinski definition) is 4. The summed E-state index contributed by atoms with van der Waals surface area (Å²) < 4.78 is 28.4. The number of para-hydroxylation sites is 1. The fraction of sp³-hybridized carbons (Fsp3) is 0.286. The van der Waals surface area contributed by atoms with E-state index in [-0.39, 0.29) is 17.3 Å². The maximum Gasteiger partial charge on any atom is 0.264 e. The molecule has 0 saturated heterocycles. The van der Waals surface area contributed by atoms with E-state index in [1.807, 2.05) is 38.1 Å². The van der Waals surface area contributed by atoms with Gasteiger partial charge in [0.15, 0.2) is 0 Å². The summed E-state index contributed by atoms with van der Waals surface area (Å²) in [6.45, 7) is 5.70. The second-order valence-corrected chi connectivity index (χ2v) is 11.1. The quantitative estimate of drug-likeness (QED) is 0.378. The number of carbonyl (C=O) groups excluding carboxylic acids is 2. The zero-order valence-corrected chi connectivity index (χ0v) is 22.8. The summed E-state index contributed by atoms with van der Waals surface area (Å²) in [4.78, 5) is 28.1. The van der Waals surface area contributed by atoms with Gasteiger partial charge in [0.25, 0.3) is 10.0 Å². The zero-order valence-electron chi connectivity index (χ0n) is 21.2. The van der Waals surface area contributed by atoms with E-state index in [2.05, 4.69) is 5.32 Å². The molecule has 0 aromatic heterocycles. The molecule has 1 N–H and O–H groups in total. The molecule has 0 saturated carbocycles. The third-order valence-electron chi connectivity index (χ3n) is 5.88.